The Morgan fingerprint density at radius 2 is 2.00 bits per heavy atom. The lowest BCUT2D eigenvalue weighted by Crippen LogP contribution is -2.54. The molecule has 3 aliphatic rings. The maximum Gasteiger partial charge on any atom is 0.319 e. The van der Waals surface area contributed by atoms with Crippen molar-refractivity contribution in [3.8, 4) is 11.8 Å². The van der Waals surface area contributed by atoms with Crippen molar-refractivity contribution in [3.05, 3.63) is 24.3 Å². The van der Waals surface area contributed by atoms with Crippen molar-refractivity contribution in [2.24, 2.45) is 11.3 Å². The van der Waals surface area contributed by atoms with Crippen LogP contribution in [0.3, 0.4) is 0 Å². The molecule has 0 N–H and O–H groups in total. The number of piperidine rings is 1. The molecule has 2 atom stereocenters. The van der Waals surface area contributed by atoms with E-state index in [0.29, 0.717) is 32.0 Å². The summed E-state index contributed by atoms with van der Waals surface area (Å²) in [5.41, 5.74) is 1.32. The average Bonchev–Trinajstić information content (AvgIpc) is 2.93. The molecule has 1 unspecified atom stereocenters. The van der Waals surface area contributed by atoms with Crippen LogP contribution in [0, 0.1) is 22.7 Å². The minimum Gasteiger partial charge on any atom is -0.494 e. The number of fused-ring (bicyclic) bond motifs is 4. The SMILES string of the molecule is CCOc1ccc(N2CC3CN(C(=O)N(C)CCC#N)C[C@@H]2C(C)(C)C3)cc1. The number of carbonyl (C=O) groups is 1. The van der Waals surface area contributed by atoms with Crippen molar-refractivity contribution < 1.29 is 9.53 Å². The molecule has 3 aliphatic heterocycles. The van der Waals surface area contributed by atoms with Crippen LogP contribution in [0.25, 0.3) is 0 Å². The van der Waals surface area contributed by atoms with Gasteiger partial charge in [0.1, 0.15) is 5.75 Å². The van der Waals surface area contributed by atoms with Crippen LogP contribution in [0.2, 0.25) is 0 Å². The minimum atomic E-state index is 0.0384. The van der Waals surface area contributed by atoms with E-state index in [4.69, 9.17) is 10.00 Å². The molecule has 6 nitrogen and oxygen atoms in total. The van der Waals surface area contributed by atoms with E-state index in [9.17, 15) is 4.79 Å². The molecule has 28 heavy (non-hydrogen) atoms. The lowest BCUT2D eigenvalue weighted by Gasteiger charge is -2.48. The normalized spacial score (nSPS) is 23.1. The number of carbonyl (C=O) groups excluding carboxylic acids is 1. The maximum atomic E-state index is 13.0. The molecular formula is C22H32N4O2. The predicted octanol–water partition coefficient (Wildman–Crippen LogP) is 3.59. The van der Waals surface area contributed by atoms with Gasteiger partial charge in [-0.2, -0.15) is 5.26 Å². The van der Waals surface area contributed by atoms with Gasteiger partial charge < -0.3 is 19.4 Å². The highest BCUT2D eigenvalue weighted by Gasteiger charge is 2.47. The van der Waals surface area contributed by atoms with Gasteiger partial charge in [-0.3, -0.25) is 0 Å². The third kappa shape index (κ3) is 4.19. The zero-order valence-corrected chi connectivity index (χ0v) is 17.5. The molecule has 2 amide bonds. The standard InChI is InChI=1S/C22H32N4O2/c1-5-28-19-9-7-18(8-10-19)26-15-17-13-22(2,3)20(26)16-25(14-17)21(27)24(4)12-6-11-23/h7-10,17,20H,5-6,12-16H2,1-4H3/t17?,20-/m1/s1. The van der Waals surface area contributed by atoms with Crippen LogP contribution < -0.4 is 9.64 Å². The summed E-state index contributed by atoms with van der Waals surface area (Å²) in [5, 5.41) is 8.81. The Kier molecular flexibility index (Phi) is 6.02. The molecule has 3 fully saturated rings. The van der Waals surface area contributed by atoms with Gasteiger partial charge in [0.15, 0.2) is 0 Å². The predicted molar refractivity (Wildman–Crippen MR) is 110 cm³/mol. The summed E-state index contributed by atoms with van der Waals surface area (Å²) in [6.07, 6.45) is 1.49. The number of benzene rings is 1. The largest absolute Gasteiger partial charge is 0.494 e. The van der Waals surface area contributed by atoms with E-state index >= 15 is 0 Å². The lowest BCUT2D eigenvalue weighted by atomic mass is 9.73. The summed E-state index contributed by atoms with van der Waals surface area (Å²) in [4.78, 5) is 19.1. The maximum absolute atomic E-state index is 13.0. The van der Waals surface area contributed by atoms with Gasteiger partial charge in [0.05, 0.1) is 25.1 Å². The molecule has 152 valence electrons. The molecule has 0 aliphatic carbocycles. The van der Waals surface area contributed by atoms with Gasteiger partial charge in [-0.1, -0.05) is 13.8 Å². The number of urea groups is 1. The highest BCUT2D eigenvalue weighted by atomic mass is 16.5. The smallest absolute Gasteiger partial charge is 0.319 e. The van der Waals surface area contributed by atoms with Gasteiger partial charge >= 0.3 is 6.03 Å². The Hall–Kier alpha value is -2.42. The quantitative estimate of drug-likeness (QED) is 0.778. The summed E-state index contributed by atoms with van der Waals surface area (Å²) in [6.45, 7) is 10.2. The van der Waals surface area contributed by atoms with Crippen LogP contribution in [0.1, 0.15) is 33.6 Å². The monoisotopic (exact) mass is 384 g/mol. The first kappa shape index (κ1) is 20.3. The van der Waals surface area contributed by atoms with E-state index in [-0.39, 0.29) is 17.5 Å². The van der Waals surface area contributed by atoms with Crippen LogP contribution in [0.4, 0.5) is 10.5 Å². The van der Waals surface area contributed by atoms with Crippen molar-refractivity contribution in [2.75, 3.05) is 44.7 Å². The molecule has 1 aromatic rings. The van der Waals surface area contributed by atoms with Crippen molar-refractivity contribution in [1.82, 2.24) is 9.80 Å². The van der Waals surface area contributed by atoms with Crippen LogP contribution >= 0.6 is 0 Å². The fourth-order valence-corrected chi connectivity index (χ4v) is 4.73. The molecule has 6 heteroatoms. The number of rotatable bonds is 5. The third-order valence-electron chi connectivity index (χ3n) is 6.06. The zero-order valence-electron chi connectivity index (χ0n) is 17.5. The van der Waals surface area contributed by atoms with E-state index in [1.807, 2.05) is 24.0 Å². The van der Waals surface area contributed by atoms with Gasteiger partial charge in [-0.15, -0.1) is 0 Å². The number of nitrogens with zero attached hydrogens (tertiary/aromatic N) is 4. The van der Waals surface area contributed by atoms with Crippen LogP contribution in [0.15, 0.2) is 24.3 Å². The molecule has 3 saturated heterocycles. The molecule has 2 bridgehead atoms. The molecule has 0 aromatic heterocycles. The number of hydrogen-bond acceptors (Lipinski definition) is 4. The number of hydrogen-bond donors (Lipinski definition) is 0. The van der Waals surface area contributed by atoms with Gasteiger partial charge in [0.2, 0.25) is 0 Å². The molecule has 0 spiro atoms. The summed E-state index contributed by atoms with van der Waals surface area (Å²) >= 11 is 0. The second kappa shape index (κ2) is 8.30. The Bertz CT molecular complexity index is 725. The molecule has 4 rings (SSSR count). The fraction of sp³-hybridized carbons (Fsp3) is 0.636. The first-order valence-corrected chi connectivity index (χ1v) is 10.2. The van der Waals surface area contributed by atoms with Crippen LogP contribution in [-0.4, -0.2) is 61.7 Å². The topological polar surface area (TPSA) is 59.8 Å². The van der Waals surface area contributed by atoms with Gasteiger partial charge in [-0.05, 0) is 48.9 Å². The third-order valence-corrected chi connectivity index (χ3v) is 6.06. The average molecular weight is 385 g/mol. The van der Waals surface area contributed by atoms with Crippen LogP contribution in [-0.2, 0) is 0 Å². The van der Waals surface area contributed by atoms with E-state index in [0.717, 1.165) is 25.3 Å². The minimum absolute atomic E-state index is 0.0384. The van der Waals surface area contributed by atoms with E-state index in [1.165, 1.54) is 5.69 Å². The van der Waals surface area contributed by atoms with Crippen LogP contribution in [0.5, 0.6) is 5.75 Å². The van der Waals surface area contributed by atoms with Crippen molar-refractivity contribution >= 4 is 11.7 Å². The molecular weight excluding hydrogens is 352 g/mol. The number of nitriles is 1. The highest BCUT2D eigenvalue weighted by molar-refractivity contribution is 5.74. The Morgan fingerprint density at radius 1 is 1.29 bits per heavy atom. The Labute approximate surface area is 168 Å². The second-order valence-corrected chi connectivity index (χ2v) is 8.67. The summed E-state index contributed by atoms with van der Waals surface area (Å²) in [7, 11) is 1.79. The molecule has 1 aromatic carbocycles. The van der Waals surface area contributed by atoms with E-state index in [1.54, 1.807) is 11.9 Å². The Balaban J connectivity index is 1.81. The van der Waals surface area contributed by atoms with Gasteiger partial charge in [0, 0.05) is 38.9 Å². The number of amides is 2. The first-order chi connectivity index (χ1) is 13.4. The first-order valence-electron chi connectivity index (χ1n) is 10.2. The second-order valence-electron chi connectivity index (χ2n) is 8.67. The lowest BCUT2D eigenvalue weighted by molar-refractivity contribution is 0.160. The van der Waals surface area contributed by atoms with E-state index < -0.39 is 0 Å². The number of ether oxygens (including phenoxy) is 1. The van der Waals surface area contributed by atoms with Crippen molar-refractivity contribution in [2.45, 2.75) is 39.7 Å². The van der Waals surface area contributed by atoms with Crippen molar-refractivity contribution in [3.63, 3.8) is 0 Å². The zero-order chi connectivity index (χ0) is 20.3. The highest BCUT2D eigenvalue weighted by Crippen LogP contribution is 2.43. The molecule has 0 radical (unpaired) electrons. The van der Waals surface area contributed by atoms with Gasteiger partial charge in [-0.25, -0.2) is 4.79 Å². The fourth-order valence-electron chi connectivity index (χ4n) is 4.73. The summed E-state index contributed by atoms with van der Waals surface area (Å²) < 4.78 is 5.58. The summed E-state index contributed by atoms with van der Waals surface area (Å²) in [5.74, 6) is 1.33. The molecule has 3 heterocycles. The van der Waals surface area contributed by atoms with Gasteiger partial charge in [0.25, 0.3) is 0 Å². The molecule has 0 saturated carbocycles. The van der Waals surface area contributed by atoms with Crippen molar-refractivity contribution in [1.29, 1.82) is 5.26 Å². The van der Waals surface area contributed by atoms with E-state index in [2.05, 4.69) is 36.9 Å². The summed E-state index contributed by atoms with van der Waals surface area (Å²) in [6, 6.07) is 10.7. The Morgan fingerprint density at radius 3 is 2.64 bits per heavy atom. The number of anilines is 1.